The molecule has 1 aliphatic rings. The number of hydrogen-bond donors (Lipinski definition) is 1. The fraction of sp³-hybridized carbons (Fsp3) is 0.769. The van der Waals surface area contributed by atoms with Crippen molar-refractivity contribution in [2.24, 2.45) is 11.7 Å². The Balaban J connectivity index is 1.94. The Kier molecular flexibility index (Phi) is 3.84. The van der Waals surface area contributed by atoms with Gasteiger partial charge < -0.3 is 5.73 Å². The van der Waals surface area contributed by atoms with Crippen molar-refractivity contribution in [2.45, 2.75) is 45.3 Å². The fourth-order valence-corrected chi connectivity index (χ4v) is 2.34. The number of nitrogens with two attached hydrogens (primary N) is 1. The van der Waals surface area contributed by atoms with Gasteiger partial charge in [-0.3, -0.25) is 9.58 Å². The molecule has 4 nitrogen and oxygen atoms in total. The van der Waals surface area contributed by atoms with E-state index in [-0.39, 0.29) is 0 Å². The van der Waals surface area contributed by atoms with Crippen molar-refractivity contribution in [3.8, 4) is 0 Å². The minimum atomic E-state index is 0.433. The maximum Gasteiger partial charge on any atom is 0.0764 e. The molecule has 1 aliphatic carbocycles. The molecule has 1 atom stereocenters. The first kappa shape index (κ1) is 12.6. The van der Waals surface area contributed by atoms with Gasteiger partial charge >= 0.3 is 0 Å². The molecule has 1 unspecified atom stereocenters. The molecule has 2 N–H and O–H groups in total. The van der Waals surface area contributed by atoms with Gasteiger partial charge in [-0.1, -0.05) is 0 Å². The van der Waals surface area contributed by atoms with Crippen LogP contribution in [0.3, 0.4) is 0 Å². The lowest BCUT2D eigenvalue weighted by Gasteiger charge is -2.26. The summed E-state index contributed by atoms with van der Waals surface area (Å²) in [6, 6.07) is 3.07. The maximum atomic E-state index is 5.85. The van der Waals surface area contributed by atoms with Crippen molar-refractivity contribution >= 4 is 0 Å². The van der Waals surface area contributed by atoms with E-state index in [4.69, 9.17) is 5.73 Å². The van der Waals surface area contributed by atoms with Gasteiger partial charge in [0.15, 0.2) is 0 Å². The largest absolute Gasteiger partial charge is 0.329 e. The third-order valence-corrected chi connectivity index (χ3v) is 3.58. The minimum Gasteiger partial charge on any atom is -0.329 e. The molecule has 1 aromatic rings. The normalized spacial score (nSPS) is 18.0. The van der Waals surface area contributed by atoms with Crippen molar-refractivity contribution in [3.05, 3.63) is 18.0 Å². The second-order valence-electron chi connectivity index (χ2n) is 5.44. The molecular formula is C13H24N4. The van der Waals surface area contributed by atoms with Gasteiger partial charge in [-0.2, -0.15) is 5.10 Å². The van der Waals surface area contributed by atoms with Crippen LogP contribution >= 0.6 is 0 Å². The van der Waals surface area contributed by atoms with Gasteiger partial charge in [-0.15, -0.1) is 0 Å². The molecule has 0 bridgehead atoms. The van der Waals surface area contributed by atoms with Crippen LogP contribution in [0.4, 0.5) is 0 Å². The molecule has 0 aromatic carbocycles. The first-order valence-electron chi connectivity index (χ1n) is 6.56. The van der Waals surface area contributed by atoms with Crippen molar-refractivity contribution in [3.63, 3.8) is 0 Å². The van der Waals surface area contributed by atoms with Crippen LogP contribution in [0, 0.1) is 5.92 Å². The molecule has 17 heavy (non-hydrogen) atoms. The highest BCUT2D eigenvalue weighted by atomic mass is 15.3. The molecule has 1 heterocycles. The molecule has 0 saturated heterocycles. The summed E-state index contributed by atoms with van der Waals surface area (Å²) in [6.45, 7) is 5.95. The lowest BCUT2D eigenvalue weighted by Crippen LogP contribution is -2.39. The first-order chi connectivity index (χ1) is 8.11. The van der Waals surface area contributed by atoms with Crippen LogP contribution < -0.4 is 5.73 Å². The SMILES string of the molecule is CC(C)n1ccc(CN(C)C(CN)C2CC2)n1. The quantitative estimate of drug-likeness (QED) is 0.816. The standard InChI is InChI=1S/C13H24N4/c1-10(2)17-7-6-12(15-17)9-16(3)13(8-14)11-4-5-11/h6-7,10-11,13H,4-5,8-9,14H2,1-3H3. The highest BCUT2D eigenvalue weighted by Gasteiger charge is 2.32. The van der Waals surface area contributed by atoms with Crippen LogP contribution in [0.1, 0.15) is 38.4 Å². The van der Waals surface area contributed by atoms with Crippen LogP contribution in [-0.2, 0) is 6.54 Å². The summed E-state index contributed by atoms with van der Waals surface area (Å²) in [5, 5.41) is 4.58. The summed E-state index contributed by atoms with van der Waals surface area (Å²) in [7, 11) is 2.16. The summed E-state index contributed by atoms with van der Waals surface area (Å²) in [5.41, 5.74) is 6.99. The predicted molar refractivity (Wildman–Crippen MR) is 69.6 cm³/mol. The smallest absolute Gasteiger partial charge is 0.0764 e. The fourth-order valence-electron chi connectivity index (χ4n) is 2.34. The lowest BCUT2D eigenvalue weighted by molar-refractivity contribution is 0.212. The van der Waals surface area contributed by atoms with Crippen molar-refractivity contribution in [2.75, 3.05) is 13.6 Å². The first-order valence-corrected chi connectivity index (χ1v) is 6.56. The molecule has 0 spiro atoms. The van der Waals surface area contributed by atoms with Crippen LogP contribution in [0.5, 0.6) is 0 Å². The molecule has 2 rings (SSSR count). The Hall–Kier alpha value is -0.870. The summed E-state index contributed by atoms with van der Waals surface area (Å²) >= 11 is 0. The zero-order chi connectivity index (χ0) is 12.4. The predicted octanol–water partition coefficient (Wildman–Crippen LogP) is 1.63. The topological polar surface area (TPSA) is 47.1 Å². The molecule has 1 fully saturated rings. The van der Waals surface area contributed by atoms with Crippen molar-refractivity contribution < 1.29 is 0 Å². The van der Waals surface area contributed by atoms with Gasteiger partial charge in [0, 0.05) is 31.4 Å². The number of aromatic nitrogens is 2. The highest BCUT2D eigenvalue weighted by molar-refractivity contribution is 5.00. The Morgan fingerprint density at radius 2 is 2.24 bits per heavy atom. The molecular weight excluding hydrogens is 212 g/mol. The second kappa shape index (κ2) is 5.19. The third-order valence-electron chi connectivity index (χ3n) is 3.58. The van der Waals surface area contributed by atoms with E-state index < -0.39 is 0 Å². The molecule has 4 heteroatoms. The zero-order valence-corrected chi connectivity index (χ0v) is 11.1. The van der Waals surface area contributed by atoms with E-state index in [0.717, 1.165) is 24.7 Å². The van der Waals surface area contributed by atoms with Crippen LogP contribution in [0.2, 0.25) is 0 Å². The monoisotopic (exact) mass is 236 g/mol. The van der Waals surface area contributed by atoms with Gasteiger partial charge in [0.1, 0.15) is 0 Å². The number of nitrogens with zero attached hydrogens (tertiary/aromatic N) is 3. The van der Waals surface area contributed by atoms with Crippen molar-refractivity contribution in [1.29, 1.82) is 0 Å². The molecule has 1 aromatic heterocycles. The van der Waals surface area contributed by atoms with Crippen LogP contribution in [-0.4, -0.2) is 34.3 Å². The van der Waals surface area contributed by atoms with Crippen molar-refractivity contribution in [1.82, 2.24) is 14.7 Å². The highest BCUT2D eigenvalue weighted by Crippen LogP contribution is 2.34. The second-order valence-corrected chi connectivity index (χ2v) is 5.44. The molecule has 0 amide bonds. The summed E-state index contributed by atoms with van der Waals surface area (Å²) in [4.78, 5) is 2.35. The van der Waals surface area contributed by atoms with E-state index in [2.05, 4.69) is 43.2 Å². The van der Waals surface area contributed by atoms with E-state index in [1.54, 1.807) is 0 Å². The average Bonchev–Trinajstić information content (AvgIpc) is 2.98. The Morgan fingerprint density at radius 1 is 1.53 bits per heavy atom. The molecule has 96 valence electrons. The van der Waals surface area contributed by atoms with Gasteiger partial charge in [-0.25, -0.2) is 0 Å². The van der Waals surface area contributed by atoms with Gasteiger partial charge in [0.25, 0.3) is 0 Å². The van der Waals surface area contributed by atoms with E-state index in [1.807, 2.05) is 4.68 Å². The minimum absolute atomic E-state index is 0.433. The van der Waals surface area contributed by atoms with Crippen LogP contribution in [0.25, 0.3) is 0 Å². The van der Waals surface area contributed by atoms with E-state index in [0.29, 0.717) is 12.1 Å². The van der Waals surface area contributed by atoms with E-state index >= 15 is 0 Å². The zero-order valence-electron chi connectivity index (χ0n) is 11.1. The maximum absolute atomic E-state index is 5.85. The number of rotatable bonds is 6. The summed E-state index contributed by atoms with van der Waals surface area (Å²) < 4.78 is 2.01. The third kappa shape index (κ3) is 3.07. The molecule has 0 radical (unpaired) electrons. The van der Waals surface area contributed by atoms with E-state index in [1.165, 1.54) is 12.8 Å². The van der Waals surface area contributed by atoms with E-state index in [9.17, 15) is 0 Å². The Bertz CT molecular complexity index is 354. The molecule has 0 aliphatic heterocycles. The van der Waals surface area contributed by atoms with Gasteiger partial charge in [0.05, 0.1) is 5.69 Å². The number of likely N-dealkylation sites (N-methyl/N-ethyl adjacent to an activating group) is 1. The average molecular weight is 236 g/mol. The number of hydrogen-bond acceptors (Lipinski definition) is 3. The Morgan fingerprint density at radius 3 is 2.71 bits per heavy atom. The summed E-state index contributed by atoms with van der Waals surface area (Å²) in [5.74, 6) is 0.817. The van der Waals surface area contributed by atoms with Crippen LogP contribution in [0.15, 0.2) is 12.3 Å². The van der Waals surface area contributed by atoms with Gasteiger partial charge in [-0.05, 0) is 45.7 Å². The van der Waals surface area contributed by atoms with Gasteiger partial charge in [0.2, 0.25) is 0 Å². The summed E-state index contributed by atoms with van der Waals surface area (Å²) in [6.07, 6.45) is 4.74. The lowest BCUT2D eigenvalue weighted by atomic mass is 10.1. The molecule has 1 saturated carbocycles. The Labute approximate surface area is 104 Å².